The van der Waals surface area contributed by atoms with Gasteiger partial charge in [-0.1, -0.05) is 38.5 Å². The molecule has 0 saturated heterocycles. The zero-order valence-electron chi connectivity index (χ0n) is 11.0. The van der Waals surface area contributed by atoms with Crippen LogP contribution in [0.2, 0.25) is 0 Å². The molecule has 0 unspecified atom stereocenters. The van der Waals surface area contributed by atoms with Gasteiger partial charge in [-0.25, -0.2) is 0 Å². The second kappa shape index (κ2) is 6.21. The average molecular weight is 252 g/mol. The Bertz CT molecular complexity index is 307. The van der Waals surface area contributed by atoms with E-state index in [1.54, 1.807) is 0 Å². The Hall–Kier alpha value is -1.06. The summed E-state index contributed by atoms with van der Waals surface area (Å²) < 4.78 is 0. The minimum atomic E-state index is -0.457. The molecule has 4 heteroatoms. The molecule has 102 valence electrons. The van der Waals surface area contributed by atoms with Gasteiger partial charge < -0.3 is 11.1 Å². The van der Waals surface area contributed by atoms with Crippen molar-refractivity contribution in [3.63, 3.8) is 0 Å². The van der Waals surface area contributed by atoms with Crippen molar-refractivity contribution in [3.8, 4) is 0 Å². The van der Waals surface area contributed by atoms with Crippen molar-refractivity contribution in [2.24, 2.45) is 17.6 Å². The highest BCUT2D eigenvalue weighted by Gasteiger charge is 2.30. The molecule has 0 bridgehead atoms. The Morgan fingerprint density at radius 3 is 2.22 bits per heavy atom. The molecule has 4 nitrogen and oxygen atoms in total. The third kappa shape index (κ3) is 3.47. The summed E-state index contributed by atoms with van der Waals surface area (Å²) in [4.78, 5) is 23.3. The van der Waals surface area contributed by atoms with Gasteiger partial charge in [-0.2, -0.15) is 0 Å². The van der Waals surface area contributed by atoms with Gasteiger partial charge in [-0.15, -0.1) is 0 Å². The zero-order chi connectivity index (χ0) is 13.0. The summed E-state index contributed by atoms with van der Waals surface area (Å²) in [6.07, 6.45) is 9.90. The lowest BCUT2D eigenvalue weighted by molar-refractivity contribution is -0.132. The van der Waals surface area contributed by atoms with Crippen LogP contribution in [0.3, 0.4) is 0 Å². The van der Waals surface area contributed by atoms with Crippen LogP contribution in [0.15, 0.2) is 0 Å². The lowest BCUT2D eigenvalue weighted by Crippen LogP contribution is -2.48. The van der Waals surface area contributed by atoms with Crippen molar-refractivity contribution >= 4 is 11.8 Å². The van der Waals surface area contributed by atoms with E-state index in [4.69, 9.17) is 5.73 Å². The molecule has 2 rings (SSSR count). The molecule has 0 aliphatic heterocycles. The van der Waals surface area contributed by atoms with Crippen molar-refractivity contribution < 1.29 is 9.59 Å². The molecule has 0 aromatic heterocycles. The smallest absolute Gasteiger partial charge is 0.240 e. The number of carbonyl (C=O) groups is 2. The number of nitrogens with two attached hydrogens (primary N) is 1. The topological polar surface area (TPSA) is 72.2 Å². The predicted molar refractivity (Wildman–Crippen MR) is 69.7 cm³/mol. The maximum atomic E-state index is 11.9. The first-order chi connectivity index (χ1) is 8.66. The number of hydrogen-bond donors (Lipinski definition) is 2. The van der Waals surface area contributed by atoms with Crippen LogP contribution >= 0.6 is 0 Å². The molecule has 0 spiro atoms. The second-order valence-corrected chi connectivity index (χ2v) is 5.83. The summed E-state index contributed by atoms with van der Waals surface area (Å²) in [5.74, 6) is 0.324. The fourth-order valence-electron chi connectivity index (χ4n) is 2.96. The fraction of sp³-hybridized carbons (Fsp3) is 0.857. The first-order valence-electron chi connectivity index (χ1n) is 7.26. The molecule has 0 aromatic carbocycles. The summed E-state index contributed by atoms with van der Waals surface area (Å²) in [7, 11) is 0. The van der Waals surface area contributed by atoms with Gasteiger partial charge in [0.15, 0.2) is 0 Å². The molecule has 18 heavy (non-hydrogen) atoms. The van der Waals surface area contributed by atoms with E-state index in [9.17, 15) is 9.59 Å². The van der Waals surface area contributed by atoms with Crippen molar-refractivity contribution in [1.29, 1.82) is 0 Å². The molecule has 0 aromatic rings. The van der Waals surface area contributed by atoms with Crippen LogP contribution in [0.4, 0.5) is 0 Å². The van der Waals surface area contributed by atoms with E-state index in [1.807, 2.05) is 0 Å². The Labute approximate surface area is 109 Å². The molecule has 2 amide bonds. The van der Waals surface area contributed by atoms with Gasteiger partial charge in [0.1, 0.15) is 6.04 Å². The molecule has 3 N–H and O–H groups in total. The maximum absolute atomic E-state index is 11.9. The molecule has 2 fully saturated rings. The third-order valence-corrected chi connectivity index (χ3v) is 4.43. The first kappa shape index (κ1) is 13.4. The molecule has 1 atom stereocenters. The summed E-state index contributed by atoms with van der Waals surface area (Å²) >= 11 is 0. The van der Waals surface area contributed by atoms with E-state index < -0.39 is 6.04 Å². The standard InChI is InChI=1S/C14H24N2O2/c15-13(17)12(9-10-5-2-1-3-6-10)16-14(18)11-7-4-8-11/h10-12H,1-9H2,(H2,15,17)(H,16,18)/t12-/m0/s1. The van der Waals surface area contributed by atoms with Crippen molar-refractivity contribution in [1.82, 2.24) is 5.32 Å². The summed E-state index contributed by atoms with van der Waals surface area (Å²) in [6.45, 7) is 0. The highest BCUT2D eigenvalue weighted by atomic mass is 16.2. The van der Waals surface area contributed by atoms with E-state index in [1.165, 1.54) is 32.1 Å². The summed E-state index contributed by atoms with van der Waals surface area (Å²) in [6, 6.07) is -0.457. The monoisotopic (exact) mass is 252 g/mol. The highest BCUT2D eigenvalue weighted by Crippen LogP contribution is 2.29. The van der Waals surface area contributed by atoms with Gasteiger partial charge in [0.05, 0.1) is 0 Å². The molecule has 2 aliphatic rings. The van der Waals surface area contributed by atoms with E-state index >= 15 is 0 Å². The van der Waals surface area contributed by atoms with Crippen LogP contribution in [-0.4, -0.2) is 17.9 Å². The normalized spacial score (nSPS) is 23.1. The van der Waals surface area contributed by atoms with Gasteiger partial charge in [0.25, 0.3) is 0 Å². The van der Waals surface area contributed by atoms with Gasteiger partial charge in [0, 0.05) is 5.92 Å². The number of hydrogen-bond acceptors (Lipinski definition) is 2. The predicted octanol–water partition coefficient (Wildman–Crippen LogP) is 1.73. The van der Waals surface area contributed by atoms with Crippen LogP contribution < -0.4 is 11.1 Å². The van der Waals surface area contributed by atoms with Crippen LogP contribution in [0.25, 0.3) is 0 Å². The molecular weight excluding hydrogens is 228 g/mol. The summed E-state index contributed by atoms with van der Waals surface area (Å²) in [5.41, 5.74) is 5.41. The lowest BCUT2D eigenvalue weighted by Gasteiger charge is -2.29. The third-order valence-electron chi connectivity index (χ3n) is 4.43. The quantitative estimate of drug-likeness (QED) is 0.782. The molecule has 0 heterocycles. The molecular formula is C14H24N2O2. The Morgan fingerprint density at radius 1 is 1.06 bits per heavy atom. The van der Waals surface area contributed by atoms with Crippen molar-refractivity contribution in [2.75, 3.05) is 0 Å². The van der Waals surface area contributed by atoms with Crippen molar-refractivity contribution in [2.45, 2.75) is 63.8 Å². The van der Waals surface area contributed by atoms with Gasteiger partial charge in [-0.3, -0.25) is 9.59 Å². The van der Waals surface area contributed by atoms with E-state index in [0.29, 0.717) is 5.92 Å². The largest absolute Gasteiger partial charge is 0.368 e. The van der Waals surface area contributed by atoms with Crippen LogP contribution in [0, 0.1) is 11.8 Å². The van der Waals surface area contributed by atoms with Crippen LogP contribution in [-0.2, 0) is 9.59 Å². The van der Waals surface area contributed by atoms with Crippen molar-refractivity contribution in [3.05, 3.63) is 0 Å². The Morgan fingerprint density at radius 2 is 1.72 bits per heavy atom. The Kier molecular flexibility index (Phi) is 4.61. The molecule has 0 radical (unpaired) electrons. The summed E-state index contributed by atoms with van der Waals surface area (Å²) in [5, 5.41) is 2.85. The first-order valence-corrected chi connectivity index (χ1v) is 7.26. The minimum Gasteiger partial charge on any atom is -0.368 e. The zero-order valence-corrected chi connectivity index (χ0v) is 11.0. The number of carbonyl (C=O) groups excluding carboxylic acids is 2. The van der Waals surface area contributed by atoms with Gasteiger partial charge in [-0.05, 0) is 25.2 Å². The number of primary amides is 1. The number of amides is 2. The Balaban J connectivity index is 1.82. The van der Waals surface area contributed by atoms with Gasteiger partial charge in [0.2, 0.25) is 11.8 Å². The minimum absolute atomic E-state index is 0.0286. The second-order valence-electron chi connectivity index (χ2n) is 5.83. The highest BCUT2D eigenvalue weighted by molar-refractivity contribution is 5.87. The van der Waals surface area contributed by atoms with E-state index in [-0.39, 0.29) is 17.7 Å². The van der Waals surface area contributed by atoms with E-state index in [2.05, 4.69) is 5.32 Å². The molecule has 2 saturated carbocycles. The average Bonchev–Trinajstić information content (AvgIpc) is 2.27. The van der Waals surface area contributed by atoms with Crippen LogP contribution in [0.5, 0.6) is 0 Å². The van der Waals surface area contributed by atoms with E-state index in [0.717, 1.165) is 25.7 Å². The number of nitrogens with one attached hydrogen (secondary N) is 1. The number of rotatable bonds is 5. The SMILES string of the molecule is NC(=O)[C@H](CC1CCCCC1)NC(=O)C1CCC1. The maximum Gasteiger partial charge on any atom is 0.240 e. The molecule has 2 aliphatic carbocycles. The van der Waals surface area contributed by atoms with Gasteiger partial charge >= 0.3 is 0 Å². The fourth-order valence-corrected chi connectivity index (χ4v) is 2.96. The van der Waals surface area contributed by atoms with Crippen LogP contribution in [0.1, 0.15) is 57.8 Å². The lowest BCUT2D eigenvalue weighted by atomic mass is 9.83.